The Kier molecular flexibility index (Phi) is 9.13. The first-order valence-electron chi connectivity index (χ1n) is 9.22. The van der Waals surface area contributed by atoms with Gasteiger partial charge in [-0.15, -0.1) is 0 Å². The minimum Gasteiger partial charge on any atom is -0.493 e. The van der Waals surface area contributed by atoms with Crippen molar-refractivity contribution < 1.29 is 23.8 Å². The second-order valence-corrected chi connectivity index (χ2v) is 6.21. The molecule has 6 heteroatoms. The van der Waals surface area contributed by atoms with Crippen LogP contribution in [0, 0.1) is 0 Å². The van der Waals surface area contributed by atoms with E-state index >= 15 is 0 Å². The van der Waals surface area contributed by atoms with E-state index in [1.165, 1.54) is 7.11 Å². The largest absolute Gasteiger partial charge is 0.493 e. The van der Waals surface area contributed by atoms with Crippen molar-refractivity contribution in [3.63, 3.8) is 0 Å². The summed E-state index contributed by atoms with van der Waals surface area (Å²) in [6.07, 6.45) is 3.68. The van der Waals surface area contributed by atoms with E-state index < -0.39 is 11.6 Å². The number of hydrogen-bond donors (Lipinski definition) is 1. The molecule has 0 aliphatic carbocycles. The number of amides is 1. The van der Waals surface area contributed by atoms with Crippen LogP contribution in [-0.2, 0) is 14.3 Å². The van der Waals surface area contributed by atoms with Gasteiger partial charge < -0.3 is 19.5 Å². The quantitative estimate of drug-likeness (QED) is 0.470. The highest BCUT2D eigenvalue weighted by Gasteiger charge is 2.33. The average Bonchev–Trinajstić information content (AvgIpc) is 2.63. The van der Waals surface area contributed by atoms with Gasteiger partial charge in [-0.1, -0.05) is 26.2 Å². The highest BCUT2D eigenvalue weighted by Crippen LogP contribution is 2.26. The summed E-state index contributed by atoms with van der Waals surface area (Å²) in [4.78, 5) is 24.8. The zero-order chi connectivity index (χ0) is 19.6. The molecule has 0 unspecified atom stereocenters. The van der Waals surface area contributed by atoms with Crippen molar-refractivity contribution in [3.05, 3.63) is 23.8 Å². The molecule has 1 aromatic rings. The number of benzene rings is 1. The molecule has 0 aromatic heterocycles. The molecule has 0 radical (unpaired) electrons. The summed E-state index contributed by atoms with van der Waals surface area (Å²) < 4.78 is 16.0. The lowest BCUT2D eigenvalue weighted by Gasteiger charge is -2.28. The van der Waals surface area contributed by atoms with E-state index in [0.717, 1.165) is 19.3 Å². The van der Waals surface area contributed by atoms with Gasteiger partial charge in [0, 0.05) is 12.3 Å². The molecule has 6 nitrogen and oxygen atoms in total. The van der Waals surface area contributed by atoms with Gasteiger partial charge in [-0.25, -0.2) is 4.79 Å². The van der Waals surface area contributed by atoms with Crippen molar-refractivity contribution in [2.45, 2.75) is 59.0 Å². The third-order valence-corrected chi connectivity index (χ3v) is 4.14. The molecule has 0 saturated heterocycles. The zero-order valence-electron chi connectivity index (χ0n) is 16.5. The molecule has 0 aliphatic heterocycles. The van der Waals surface area contributed by atoms with Crippen LogP contribution >= 0.6 is 0 Å². The minimum absolute atomic E-state index is 0.226. The predicted molar refractivity (Wildman–Crippen MR) is 102 cm³/mol. The Bertz CT molecular complexity index is 602. The van der Waals surface area contributed by atoms with Crippen molar-refractivity contribution in [3.8, 4) is 5.75 Å². The summed E-state index contributed by atoms with van der Waals surface area (Å²) >= 11 is 0. The molecule has 146 valence electrons. The first kappa shape index (κ1) is 22.0. The Hall–Kier alpha value is -2.08. The molecule has 1 N–H and O–H groups in total. The molecule has 0 spiro atoms. The van der Waals surface area contributed by atoms with Gasteiger partial charge in [-0.05, 0) is 45.4 Å². The zero-order valence-corrected chi connectivity index (χ0v) is 16.5. The number of rotatable bonds is 11. The Morgan fingerprint density at radius 3 is 2.42 bits per heavy atom. The molecule has 1 rings (SSSR count). The van der Waals surface area contributed by atoms with Crippen LogP contribution in [0.4, 0.5) is 5.69 Å². The summed E-state index contributed by atoms with van der Waals surface area (Å²) in [6.45, 7) is 8.50. The highest BCUT2D eigenvalue weighted by atomic mass is 16.5. The van der Waals surface area contributed by atoms with Gasteiger partial charge in [-0.2, -0.15) is 0 Å². The Labute approximate surface area is 156 Å². The van der Waals surface area contributed by atoms with E-state index in [4.69, 9.17) is 14.2 Å². The molecule has 0 heterocycles. The number of ether oxygens (including phenoxy) is 3. The maximum atomic E-state index is 12.8. The van der Waals surface area contributed by atoms with E-state index in [-0.39, 0.29) is 11.5 Å². The second-order valence-electron chi connectivity index (χ2n) is 6.21. The van der Waals surface area contributed by atoms with Gasteiger partial charge in [0.25, 0.3) is 5.91 Å². The molecule has 1 amide bonds. The van der Waals surface area contributed by atoms with Crippen molar-refractivity contribution in [1.82, 2.24) is 0 Å². The normalized spacial score (nSPS) is 13.0. The Balaban J connectivity index is 3.00. The molecule has 1 atom stereocenters. The summed E-state index contributed by atoms with van der Waals surface area (Å²) in [6, 6.07) is 4.92. The molecular formula is C20H31NO5. The third-order valence-electron chi connectivity index (χ3n) is 4.14. The number of methoxy groups -OCH3 is 1. The van der Waals surface area contributed by atoms with Gasteiger partial charge in [-0.3, -0.25) is 4.79 Å². The van der Waals surface area contributed by atoms with Gasteiger partial charge >= 0.3 is 5.97 Å². The number of hydrogen-bond acceptors (Lipinski definition) is 5. The van der Waals surface area contributed by atoms with Crippen molar-refractivity contribution in [2.24, 2.45) is 0 Å². The number of carbonyl (C=O) groups is 2. The standard InChI is InChI=1S/C20H31NO5/c1-6-9-10-13-20(4,26-8-3)19(23)21-15-11-12-17(25-7-2)16(14-15)18(22)24-5/h11-12,14H,6-10,13H2,1-5H3,(H,21,23)/t20-/m1/s1. The van der Waals surface area contributed by atoms with Gasteiger partial charge in [0.05, 0.1) is 13.7 Å². The molecule has 0 bridgehead atoms. The van der Waals surface area contributed by atoms with Crippen LogP contribution in [0.15, 0.2) is 18.2 Å². The van der Waals surface area contributed by atoms with Gasteiger partial charge in [0.1, 0.15) is 16.9 Å². The van der Waals surface area contributed by atoms with Crippen LogP contribution in [0.25, 0.3) is 0 Å². The maximum absolute atomic E-state index is 12.8. The first-order chi connectivity index (χ1) is 12.4. The first-order valence-corrected chi connectivity index (χ1v) is 9.22. The van der Waals surface area contributed by atoms with Gasteiger partial charge in [0.2, 0.25) is 0 Å². The highest BCUT2D eigenvalue weighted by molar-refractivity contribution is 5.99. The average molecular weight is 365 g/mol. The van der Waals surface area contributed by atoms with Crippen LogP contribution in [0.5, 0.6) is 5.75 Å². The Morgan fingerprint density at radius 2 is 1.85 bits per heavy atom. The molecule has 0 fully saturated rings. The van der Waals surface area contributed by atoms with Crippen LogP contribution in [0.2, 0.25) is 0 Å². The van der Waals surface area contributed by atoms with Crippen LogP contribution in [0.1, 0.15) is 63.7 Å². The van der Waals surface area contributed by atoms with Crippen molar-refractivity contribution in [2.75, 3.05) is 25.6 Å². The van der Waals surface area contributed by atoms with Crippen molar-refractivity contribution in [1.29, 1.82) is 0 Å². The fraction of sp³-hybridized carbons (Fsp3) is 0.600. The number of carbonyl (C=O) groups excluding carboxylic acids is 2. The third kappa shape index (κ3) is 6.02. The van der Waals surface area contributed by atoms with E-state index in [2.05, 4.69) is 12.2 Å². The van der Waals surface area contributed by atoms with Crippen LogP contribution in [-0.4, -0.2) is 37.8 Å². The summed E-state index contributed by atoms with van der Waals surface area (Å²) in [7, 11) is 1.31. The van der Waals surface area contributed by atoms with Crippen LogP contribution < -0.4 is 10.1 Å². The molecular weight excluding hydrogens is 334 g/mol. The fourth-order valence-corrected chi connectivity index (χ4v) is 2.70. The number of unbranched alkanes of at least 4 members (excludes halogenated alkanes) is 2. The fourth-order valence-electron chi connectivity index (χ4n) is 2.70. The van der Waals surface area contributed by atoms with Gasteiger partial charge in [0.15, 0.2) is 0 Å². The van der Waals surface area contributed by atoms with Crippen molar-refractivity contribution >= 4 is 17.6 Å². The maximum Gasteiger partial charge on any atom is 0.341 e. The smallest absolute Gasteiger partial charge is 0.341 e. The lowest BCUT2D eigenvalue weighted by Crippen LogP contribution is -2.42. The summed E-state index contributed by atoms with van der Waals surface area (Å²) in [5.74, 6) is -0.316. The SMILES string of the molecule is CCCCC[C@@](C)(OCC)C(=O)Nc1ccc(OCC)c(C(=O)OC)c1. The lowest BCUT2D eigenvalue weighted by atomic mass is 9.96. The second kappa shape index (κ2) is 10.8. The molecule has 1 aromatic carbocycles. The van der Waals surface area contributed by atoms with E-state index in [0.29, 0.717) is 31.1 Å². The monoisotopic (exact) mass is 365 g/mol. The lowest BCUT2D eigenvalue weighted by molar-refractivity contribution is -0.139. The molecule has 0 aliphatic rings. The number of esters is 1. The minimum atomic E-state index is -0.909. The number of anilines is 1. The summed E-state index contributed by atoms with van der Waals surface area (Å²) in [5, 5.41) is 2.86. The Morgan fingerprint density at radius 1 is 1.12 bits per heavy atom. The van der Waals surface area contributed by atoms with E-state index in [1.54, 1.807) is 25.1 Å². The predicted octanol–water partition coefficient (Wildman–Crippen LogP) is 4.19. The topological polar surface area (TPSA) is 73.9 Å². The van der Waals surface area contributed by atoms with Crippen LogP contribution in [0.3, 0.4) is 0 Å². The molecule has 26 heavy (non-hydrogen) atoms. The summed E-state index contributed by atoms with van der Waals surface area (Å²) in [5.41, 5.74) is -0.134. The van der Waals surface area contributed by atoms with E-state index in [9.17, 15) is 9.59 Å². The van der Waals surface area contributed by atoms with E-state index in [1.807, 2.05) is 13.8 Å². The number of nitrogens with one attached hydrogen (secondary N) is 1. The molecule has 0 saturated carbocycles.